The van der Waals surface area contributed by atoms with Gasteiger partial charge in [0.2, 0.25) is 5.91 Å². The highest BCUT2D eigenvalue weighted by molar-refractivity contribution is 5.81. The summed E-state index contributed by atoms with van der Waals surface area (Å²) >= 11 is 0. The van der Waals surface area contributed by atoms with E-state index in [2.05, 4.69) is 19.2 Å². The van der Waals surface area contributed by atoms with E-state index in [9.17, 15) is 4.79 Å². The van der Waals surface area contributed by atoms with Gasteiger partial charge in [-0.2, -0.15) is 0 Å². The van der Waals surface area contributed by atoms with Gasteiger partial charge in [-0.05, 0) is 12.3 Å². The summed E-state index contributed by atoms with van der Waals surface area (Å²) in [4.78, 5) is 11.2. The Morgan fingerprint density at radius 1 is 1.42 bits per heavy atom. The molecule has 0 radical (unpaired) electrons. The lowest BCUT2D eigenvalue weighted by molar-refractivity contribution is -0.122. The van der Waals surface area contributed by atoms with Crippen LogP contribution in [0.4, 0.5) is 0 Å². The van der Waals surface area contributed by atoms with Crippen LogP contribution in [0.25, 0.3) is 0 Å². The van der Waals surface area contributed by atoms with E-state index in [0.717, 1.165) is 13.0 Å². The van der Waals surface area contributed by atoms with E-state index < -0.39 is 0 Å². The molecule has 0 heterocycles. The van der Waals surface area contributed by atoms with E-state index in [0.29, 0.717) is 12.3 Å². The number of nitrogens with one attached hydrogen (secondary N) is 1. The van der Waals surface area contributed by atoms with Crippen molar-refractivity contribution >= 4 is 5.91 Å². The van der Waals surface area contributed by atoms with E-state index in [4.69, 9.17) is 5.73 Å². The van der Waals surface area contributed by atoms with Gasteiger partial charge >= 0.3 is 0 Å². The first kappa shape index (κ1) is 11.4. The first-order valence-electron chi connectivity index (χ1n) is 4.65. The van der Waals surface area contributed by atoms with Gasteiger partial charge in [0, 0.05) is 6.54 Å². The summed E-state index contributed by atoms with van der Waals surface area (Å²) in [5.74, 6) is 0.510. The van der Waals surface area contributed by atoms with Crippen molar-refractivity contribution in [2.24, 2.45) is 11.7 Å². The maximum Gasteiger partial charge on any atom is 0.236 e. The van der Waals surface area contributed by atoms with Crippen LogP contribution in [0.1, 0.15) is 33.6 Å². The van der Waals surface area contributed by atoms with Crippen molar-refractivity contribution in [1.29, 1.82) is 0 Å². The van der Waals surface area contributed by atoms with Crippen molar-refractivity contribution in [1.82, 2.24) is 5.32 Å². The fraction of sp³-hybridized carbons (Fsp3) is 0.889. The van der Waals surface area contributed by atoms with Crippen molar-refractivity contribution in [3.8, 4) is 0 Å². The minimum atomic E-state index is -0.339. The molecular formula is C9H20N2O. The monoisotopic (exact) mass is 172 g/mol. The predicted molar refractivity (Wildman–Crippen MR) is 50.7 cm³/mol. The van der Waals surface area contributed by atoms with Gasteiger partial charge in [0.05, 0.1) is 6.04 Å². The van der Waals surface area contributed by atoms with Crippen LogP contribution >= 0.6 is 0 Å². The van der Waals surface area contributed by atoms with E-state index in [1.165, 1.54) is 0 Å². The molecule has 0 saturated heterocycles. The zero-order valence-corrected chi connectivity index (χ0v) is 8.26. The van der Waals surface area contributed by atoms with Gasteiger partial charge in [0.25, 0.3) is 0 Å². The van der Waals surface area contributed by atoms with E-state index in [-0.39, 0.29) is 11.9 Å². The molecule has 0 aromatic rings. The number of nitrogens with two attached hydrogens (primary N) is 1. The Labute approximate surface area is 74.7 Å². The van der Waals surface area contributed by atoms with Gasteiger partial charge in [0.15, 0.2) is 0 Å². The van der Waals surface area contributed by atoms with Crippen molar-refractivity contribution in [3.05, 3.63) is 0 Å². The fourth-order valence-electron chi connectivity index (χ4n) is 0.736. The van der Waals surface area contributed by atoms with Crippen molar-refractivity contribution in [2.45, 2.75) is 39.7 Å². The van der Waals surface area contributed by atoms with Crippen molar-refractivity contribution in [2.75, 3.05) is 6.54 Å². The second-order valence-electron chi connectivity index (χ2n) is 3.27. The lowest BCUT2D eigenvalue weighted by Gasteiger charge is -2.12. The highest BCUT2D eigenvalue weighted by Crippen LogP contribution is 1.97. The fourth-order valence-corrected chi connectivity index (χ4v) is 0.736. The lowest BCUT2D eigenvalue weighted by atomic mass is 10.1. The summed E-state index contributed by atoms with van der Waals surface area (Å²) in [6.07, 6.45) is 1.79. The zero-order valence-electron chi connectivity index (χ0n) is 8.26. The summed E-state index contributed by atoms with van der Waals surface area (Å²) in [6.45, 7) is 6.87. The summed E-state index contributed by atoms with van der Waals surface area (Å²) in [5.41, 5.74) is 5.53. The third-order valence-corrected chi connectivity index (χ3v) is 2.10. The number of rotatable bonds is 5. The van der Waals surface area contributed by atoms with Crippen LogP contribution in [0.2, 0.25) is 0 Å². The minimum Gasteiger partial charge on any atom is -0.354 e. The van der Waals surface area contributed by atoms with Crippen molar-refractivity contribution in [3.63, 3.8) is 0 Å². The summed E-state index contributed by atoms with van der Waals surface area (Å²) in [6, 6.07) is -0.339. The topological polar surface area (TPSA) is 55.1 Å². The van der Waals surface area contributed by atoms with Gasteiger partial charge in [-0.3, -0.25) is 4.79 Å². The van der Waals surface area contributed by atoms with E-state index >= 15 is 0 Å². The first-order chi connectivity index (χ1) is 5.61. The number of amides is 1. The molecule has 3 nitrogen and oxygen atoms in total. The third kappa shape index (κ3) is 4.34. The molecule has 0 spiro atoms. The van der Waals surface area contributed by atoms with Crippen LogP contribution in [-0.2, 0) is 4.79 Å². The molecule has 12 heavy (non-hydrogen) atoms. The summed E-state index contributed by atoms with van der Waals surface area (Å²) in [5, 5.41) is 2.82. The Kier molecular flexibility index (Phi) is 5.72. The van der Waals surface area contributed by atoms with Crippen LogP contribution in [-0.4, -0.2) is 18.5 Å². The van der Waals surface area contributed by atoms with Gasteiger partial charge in [-0.1, -0.05) is 27.2 Å². The van der Waals surface area contributed by atoms with Crippen LogP contribution in [0.3, 0.4) is 0 Å². The Morgan fingerprint density at radius 2 is 2.00 bits per heavy atom. The summed E-state index contributed by atoms with van der Waals surface area (Å²) < 4.78 is 0. The molecule has 0 aromatic carbocycles. The van der Waals surface area contributed by atoms with Gasteiger partial charge in [-0.25, -0.2) is 0 Å². The highest BCUT2D eigenvalue weighted by Gasteiger charge is 2.10. The molecule has 0 rings (SSSR count). The van der Waals surface area contributed by atoms with Crippen LogP contribution in [0, 0.1) is 5.92 Å². The van der Waals surface area contributed by atoms with Gasteiger partial charge < -0.3 is 11.1 Å². The average molecular weight is 172 g/mol. The second-order valence-corrected chi connectivity index (χ2v) is 3.27. The maximum absolute atomic E-state index is 11.2. The largest absolute Gasteiger partial charge is 0.354 e. The number of carbonyl (C=O) groups is 1. The third-order valence-electron chi connectivity index (χ3n) is 2.10. The molecule has 2 atom stereocenters. The second kappa shape index (κ2) is 6.00. The first-order valence-corrected chi connectivity index (χ1v) is 4.65. The predicted octanol–water partition coefficient (Wildman–Crippen LogP) is 0.886. The van der Waals surface area contributed by atoms with Crippen molar-refractivity contribution < 1.29 is 4.79 Å². The molecule has 3 N–H and O–H groups in total. The molecule has 0 aliphatic carbocycles. The Hall–Kier alpha value is -0.570. The van der Waals surface area contributed by atoms with E-state index in [1.807, 2.05) is 6.92 Å². The molecule has 0 saturated carbocycles. The Morgan fingerprint density at radius 3 is 2.42 bits per heavy atom. The standard InChI is InChI=1S/C9H20N2O/c1-4-7(3)6-11-9(12)8(10)5-2/h7-8H,4-6,10H2,1-3H3,(H,11,12). The molecule has 3 heteroatoms. The molecule has 72 valence electrons. The van der Waals surface area contributed by atoms with Gasteiger partial charge in [-0.15, -0.1) is 0 Å². The molecule has 0 fully saturated rings. The summed E-state index contributed by atoms with van der Waals surface area (Å²) in [7, 11) is 0. The molecular weight excluding hydrogens is 152 g/mol. The average Bonchev–Trinajstić information content (AvgIpc) is 2.11. The SMILES string of the molecule is CCC(C)CNC(=O)C(N)CC. The molecule has 0 bridgehead atoms. The Bertz CT molecular complexity index is 136. The molecule has 0 aromatic heterocycles. The van der Waals surface area contributed by atoms with Gasteiger partial charge in [0.1, 0.15) is 0 Å². The Balaban J connectivity index is 3.56. The van der Waals surface area contributed by atoms with Crippen LogP contribution < -0.4 is 11.1 Å². The van der Waals surface area contributed by atoms with E-state index in [1.54, 1.807) is 0 Å². The number of hydrogen-bond donors (Lipinski definition) is 2. The lowest BCUT2D eigenvalue weighted by Crippen LogP contribution is -2.41. The maximum atomic E-state index is 11.2. The molecule has 2 unspecified atom stereocenters. The number of hydrogen-bond acceptors (Lipinski definition) is 2. The number of carbonyl (C=O) groups excluding carboxylic acids is 1. The smallest absolute Gasteiger partial charge is 0.236 e. The van der Waals surface area contributed by atoms with Crippen LogP contribution in [0.5, 0.6) is 0 Å². The normalized spacial score (nSPS) is 15.3. The quantitative estimate of drug-likeness (QED) is 0.647. The minimum absolute atomic E-state index is 0.0298. The molecule has 0 aliphatic heterocycles. The molecule has 1 amide bonds. The van der Waals surface area contributed by atoms with Crippen LogP contribution in [0.15, 0.2) is 0 Å². The zero-order chi connectivity index (χ0) is 9.56. The molecule has 0 aliphatic rings. The highest BCUT2D eigenvalue weighted by atomic mass is 16.2.